The minimum atomic E-state index is 0.0170. The highest BCUT2D eigenvalue weighted by molar-refractivity contribution is 7.98. The first-order valence-corrected chi connectivity index (χ1v) is 12.0. The van der Waals surface area contributed by atoms with Crippen molar-refractivity contribution in [1.82, 2.24) is 9.88 Å². The molecule has 0 bridgehead atoms. The fourth-order valence-corrected chi connectivity index (χ4v) is 5.07. The molecule has 1 aliphatic rings. The van der Waals surface area contributed by atoms with Gasteiger partial charge in [0.1, 0.15) is 0 Å². The molecular weight excluding hydrogens is 430 g/mol. The van der Waals surface area contributed by atoms with Crippen LogP contribution in [0.25, 0.3) is 16.3 Å². The lowest BCUT2D eigenvalue weighted by atomic mass is 10.2. The molecule has 1 aliphatic heterocycles. The largest absolute Gasteiger partial charge is 0.493 e. The number of methoxy groups -OCH3 is 2. The van der Waals surface area contributed by atoms with Crippen molar-refractivity contribution in [2.75, 3.05) is 51.6 Å². The summed E-state index contributed by atoms with van der Waals surface area (Å²) >= 11 is 3.46. The van der Waals surface area contributed by atoms with E-state index in [4.69, 9.17) is 14.5 Å². The van der Waals surface area contributed by atoms with Gasteiger partial charge >= 0.3 is 0 Å². The summed E-state index contributed by atoms with van der Waals surface area (Å²) in [5, 5.41) is 1.03. The summed E-state index contributed by atoms with van der Waals surface area (Å²) < 4.78 is 11.8. The molecule has 6 nitrogen and oxygen atoms in total. The second-order valence-corrected chi connectivity index (χ2v) is 8.98. The Morgan fingerprint density at radius 2 is 1.84 bits per heavy atom. The Bertz CT molecular complexity index is 1100. The predicted molar refractivity (Wildman–Crippen MR) is 129 cm³/mol. The van der Waals surface area contributed by atoms with Gasteiger partial charge < -0.3 is 19.3 Å². The first kappa shape index (κ1) is 21.5. The smallest absolute Gasteiger partial charge is 0.246 e. The lowest BCUT2D eigenvalue weighted by Crippen LogP contribution is -2.48. The molecule has 2 aromatic carbocycles. The number of thiazole rings is 1. The SMILES string of the molecule is COc1ccc(/C=C\C(=O)N2CCN(c3nc4ccc(SC)cc4s3)CC2)cc1OC. The number of fused-ring (bicyclic) bond motifs is 1. The van der Waals surface area contributed by atoms with Crippen molar-refractivity contribution >= 4 is 50.4 Å². The number of amides is 1. The summed E-state index contributed by atoms with van der Waals surface area (Å²) in [6.45, 7) is 2.93. The summed E-state index contributed by atoms with van der Waals surface area (Å²) in [5.41, 5.74) is 1.93. The molecule has 1 saturated heterocycles. The molecule has 8 heteroatoms. The second kappa shape index (κ2) is 9.62. The van der Waals surface area contributed by atoms with Gasteiger partial charge in [-0.05, 0) is 48.2 Å². The molecule has 0 spiro atoms. The van der Waals surface area contributed by atoms with Crippen LogP contribution >= 0.6 is 23.1 Å². The Balaban J connectivity index is 1.37. The number of ether oxygens (including phenoxy) is 2. The zero-order valence-electron chi connectivity index (χ0n) is 17.8. The molecule has 0 unspecified atom stereocenters. The maximum atomic E-state index is 12.7. The Kier molecular flexibility index (Phi) is 6.67. The van der Waals surface area contributed by atoms with Crippen LogP contribution < -0.4 is 14.4 Å². The number of hydrogen-bond acceptors (Lipinski definition) is 7. The van der Waals surface area contributed by atoms with Crippen LogP contribution in [0.15, 0.2) is 47.4 Å². The van der Waals surface area contributed by atoms with Gasteiger partial charge in [0.15, 0.2) is 16.6 Å². The fourth-order valence-electron chi connectivity index (χ4n) is 3.50. The third-order valence-electron chi connectivity index (χ3n) is 5.27. The van der Waals surface area contributed by atoms with Gasteiger partial charge in [-0.3, -0.25) is 4.79 Å². The van der Waals surface area contributed by atoms with Gasteiger partial charge in [0.05, 0.1) is 24.4 Å². The Morgan fingerprint density at radius 3 is 2.55 bits per heavy atom. The minimum absolute atomic E-state index is 0.0170. The highest BCUT2D eigenvalue weighted by Gasteiger charge is 2.22. The van der Waals surface area contributed by atoms with E-state index in [1.807, 2.05) is 29.2 Å². The molecule has 3 aromatic rings. The van der Waals surface area contributed by atoms with Crippen LogP contribution in [0, 0.1) is 0 Å². The van der Waals surface area contributed by atoms with Crippen molar-refractivity contribution in [2.45, 2.75) is 4.90 Å². The lowest BCUT2D eigenvalue weighted by molar-refractivity contribution is -0.126. The molecule has 4 rings (SSSR count). The van der Waals surface area contributed by atoms with Crippen LogP contribution in [0.5, 0.6) is 11.5 Å². The van der Waals surface area contributed by atoms with Crippen LogP contribution in [-0.2, 0) is 4.79 Å². The van der Waals surface area contributed by atoms with Gasteiger partial charge in [0.2, 0.25) is 5.91 Å². The molecule has 0 saturated carbocycles. The van der Waals surface area contributed by atoms with E-state index in [9.17, 15) is 4.79 Å². The van der Waals surface area contributed by atoms with Crippen molar-refractivity contribution in [3.63, 3.8) is 0 Å². The first-order valence-electron chi connectivity index (χ1n) is 10.00. The molecule has 1 fully saturated rings. The van der Waals surface area contributed by atoms with E-state index in [2.05, 4.69) is 29.4 Å². The maximum absolute atomic E-state index is 12.7. The lowest BCUT2D eigenvalue weighted by Gasteiger charge is -2.34. The standard InChI is InChI=1S/C23H25N3O3S2/c1-28-19-8-4-16(14-20(19)29-2)5-9-22(27)25-10-12-26(13-11-25)23-24-18-7-6-17(30-3)15-21(18)31-23/h4-9,14-15H,10-13H2,1-3H3/b9-5-. The molecule has 0 N–H and O–H groups in total. The maximum Gasteiger partial charge on any atom is 0.246 e. The average molecular weight is 456 g/mol. The van der Waals surface area contributed by atoms with E-state index in [1.165, 1.54) is 9.60 Å². The summed E-state index contributed by atoms with van der Waals surface area (Å²) in [5.74, 6) is 1.33. The number of carbonyl (C=O) groups excluding carboxylic acids is 1. The molecule has 0 atom stereocenters. The molecule has 1 amide bonds. The Morgan fingerprint density at radius 1 is 1.06 bits per heavy atom. The fraction of sp³-hybridized carbons (Fsp3) is 0.304. The van der Waals surface area contributed by atoms with Crippen LogP contribution in [0.3, 0.4) is 0 Å². The Labute approximate surface area is 190 Å². The zero-order valence-corrected chi connectivity index (χ0v) is 19.5. The van der Waals surface area contributed by atoms with Gasteiger partial charge in [-0.25, -0.2) is 4.98 Å². The summed E-state index contributed by atoms with van der Waals surface area (Å²) in [6.07, 6.45) is 5.52. The van der Waals surface area contributed by atoms with Crippen molar-refractivity contribution < 1.29 is 14.3 Å². The van der Waals surface area contributed by atoms with Crippen molar-refractivity contribution in [3.05, 3.63) is 48.0 Å². The van der Waals surface area contributed by atoms with Gasteiger partial charge in [0.25, 0.3) is 0 Å². The van der Waals surface area contributed by atoms with Crippen molar-refractivity contribution in [1.29, 1.82) is 0 Å². The van der Waals surface area contributed by atoms with Gasteiger partial charge in [0, 0.05) is 37.2 Å². The number of nitrogens with zero attached hydrogens (tertiary/aromatic N) is 3. The topological polar surface area (TPSA) is 54.9 Å². The second-order valence-electron chi connectivity index (χ2n) is 7.09. The molecule has 31 heavy (non-hydrogen) atoms. The molecule has 1 aromatic heterocycles. The molecule has 162 valence electrons. The highest BCUT2D eigenvalue weighted by Crippen LogP contribution is 2.32. The quantitative estimate of drug-likeness (QED) is 0.406. The van der Waals surface area contributed by atoms with Gasteiger partial charge in [-0.15, -0.1) is 11.8 Å². The molecular formula is C23H25N3O3S2. The average Bonchev–Trinajstić information content (AvgIpc) is 3.25. The van der Waals surface area contributed by atoms with E-state index < -0.39 is 0 Å². The van der Waals surface area contributed by atoms with Crippen LogP contribution in [0.1, 0.15) is 5.56 Å². The monoisotopic (exact) mass is 455 g/mol. The Hall–Kier alpha value is -2.71. The van der Waals surface area contributed by atoms with Crippen LogP contribution in [0.4, 0.5) is 5.13 Å². The third kappa shape index (κ3) is 4.80. The van der Waals surface area contributed by atoms with Crippen LogP contribution in [0.2, 0.25) is 0 Å². The summed E-state index contributed by atoms with van der Waals surface area (Å²) in [6, 6.07) is 12.0. The normalized spacial score (nSPS) is 14.4. The minimum Gasteiger partial charge on any atom is -0.493 e. The van der Waals surface area contributed by atoms with E-state index >= 15 is 0 Å². The number of anilines is 1. The highest BCUT2D eigenvalue weighted by atomic mass is 32.2. The van der Waals surface area contributed by atoms with E-state index in [0.717, 1.165) is 29.3 Å². The first-order chi connectivity index (χ1) is 15.1. The van der Waals surface area contributed by atoms with E-state index in [-0.39, 0.29) is 5.91 Å². The number of rotatable bonds is 6. The number of aromatic nitrogens is 1. The predicted octanol–water partition coefficient (Wildman–Crippen LogP) is 4.40. The summed E-state index contributed by atoms with van der Waals surface area (Å²) in [7, 11) is 3.20. The molecule has 0 aliphatic carbocycles. The zero-order chi connectivity index (χ0) is 21.8. The van der Waals surface area contributed by atoms with Crippen LogP contribution in [-0.4, -0.2) is 62.4 Å². The number of carbonyl (C=O) groups is 1. The van der Waals surface area contributed by atoms with Crippen molar-refractivity contribution in [3.8, 4) is 11.5 Å². The van der Waals surface area contributed by atoms with Gasteiger partial charge in [-0.2, -0.15) is 0 Å². The van der Waals surface area contributed by atoms with E-state index in [1.54, 1.807) is 43.4 Å². The number of piperazine rings is 1. The number of hydrogen-bond donors (Lipinski definition) is 0. The van der Waals surface area contributed by atoms with E-state index in [0.29, 0.717) is 24.6 Å². The van der Waals surface area contributed by atoms with Crippen molar-refractivity contribution in [2.24, 2.45) is 0 Å². The van der Waals surface area contributed by atoms with Gasteiger partial charge in [-0.1, -0.05) is 17.4 Å². The molecule has 0 radical (unpaired) electrons. The number of benzene rings is 2. The number of thioether (sulfide) groups is 1. The summed E-state index contributed by atoms with van der Waals surface area (Å²) in [4.78, 5) is 22.8. The third-order valence-corrected chi connectivity index (χ3v) is 7.08. The molecule has 2 heterocycles.